The van der Waals surface area contributed by atoms with Crippen molar-refractivity contribution in [2.75, 3.05) is 13.8 Å². The molecule has 0 aliphatic heterocycles. The van der Waals surface area contributed by atoms with Gasteiger partial charge in [0.15, 0.2) is 0 Å². The Balaban J connectivity index is 0. The molecule has 10 heavy (non-hydrogen) atoms. The third kappa shape index (κ3) is 29.0. The minimum atomic E-state index is -0.833. The molecule has 0 spiro atoms. The Morgan fingerprint density at radius 3 is 2.10 bits per heavy atom. The highest BCUT2D eigenvalue weighted by Gasteiger charge is 1.77. The molecule has 6 nitrogen and oxygen atoms in total. The Morgan fingerprint density at radius 1 is 1.80 bits per heavy atom. The van der Waals surface area contributed by atoms with Crippen LogP contribution in [0.4, 0.5) is 0 Å². The number of aliphatic hydroxyl groups excluding tert-OH is 1. The third-order valence-electron chi connectivity index (χ3n) is 0.344. The number of hydrogen-bond donors (Lipinski definition) is 2. The van der Waals surface area contributed by atoms with Crippen LogP contribution in [0.1, 0.15) is 6.92 Å². The van der Waals surface area contributed by atoms with E-state index >= 15 is 0 Å². The number of carboxylic acid groups (broad SMARTS) is 1. The smallest absolute Gasteiger partial charge is 0.300 e. The van der Waals surface area contributed by atoms with Gasteiger partial charge < -0.3 is 15.4 Å². The molecular weight excluding hydrogens is 140 g/mol. The Kier molecular flexibility index (Phi) is 9.09. The van der Waals surface area contributed by atoms with Crippen molar-refractivity contribution in [3.05, 3.63) is 5.21 Å². The standard InChI is InChI=1S/C2H6N2O2.C2H4O2/c1-3-4(6)2-5;1-2(3)4/h5H,2H2,1H3;1H3,(H,3,4). The molecule has 0 fully saturated rings. The first kappa shape index (κ1) is 11.6. The van der Waals surface area contributed by atoms with Crippen LogP contribution in [0.3, 0.4) is 0 Å². The fraction of sp³-hybridized carbons (Fsp3) is 0.750. The van der Waals surface area contributed by atoms with E-state index in [2.05, 4.69) is 5.11 Å². The van der Waals surface area contributed by atoms with Crippen LogP contribution in [0.5, 0.6) is 0 Å². The molecule has 0 heterocycles. The topological polar surface area (TPSA) is 96.0 Å². The molecule has 0 saturated heterocycles. The van der Waals surface area contributed by atoms with Crippen molar-refractivity contribution in [1.29, 1.82) is 0 Å². The second-order valence-corrected chi connectivity index (χ2v) is 1.21. The lowest BCUT2D eigenvalue weighted by Crippen LogP contribution is -1.98. The molecule has 60 valence electrons. The second kappa shape index (κ2) is 7.83. The number of carboxylic acids is 1. The molecule has 0 aliphatic carbocycles. The van der Waals surface area contributed by atoms with Crippen LogP contribution >= 0.6 is 0 Å². The summed E-state index contributed by atoms with van der Waals surface area (Å²) in [6.07, 6.45) is 0. The van der Waals surface area contributed by atoms with Gasteiger partial charge >= 0.3 is 0 Å². The zero-order valence-electron chi connectivity index (χ0n) is 5.81. The quantitative estimate of drug-likeness (QED) is 0.230. The van der Waals surface area contributed by atoms with E-state index in [-0.39, 0.29) is 4.86 Å². The molecular formula is C4H10N2O4. The molecule has 0 radical (unpaired) electrons. The summed E-state index contributed by atoms with van der Waals surface area (Å²) in [5.41, 5.74) is 0. The van der Waals surface area contributed by atoms with Crippen LogP contribution in [0.25, 0.3) is 0 Å². The molecule has 0 aromatic heterocycles. The van der Waals surface area contributed by atoms with Gasteiger partial charge in [-0.05, 0) is 5.11 Å². The molecule has 0 amide bonds. The fourth-order valence-electron chi connectivity index (χ4n) is 0.0632. The van der Waals surface area contributed by atoms with Gasteiger partial charge in [0.2, 0.25) is 0 Å². The van der Waals surface area contributed by atoms with Gasteiger partial charge in [0.25, 0.3) is 12.7 Å². The summed E-state index contributed by atoms with van der Waals surface area (Å²) in [5.74, 6) is -0.833. The SMILES string of the molecule is CC(=O)O.CN=[N+]([O-])CO. The minimum Gasteiger partial charge on any atom is -0.598 e. The van der Waals surface area contributed by atoms with Crippen molar-refractivity contribution in [3.8, 4) is 0 Å². The van der Waals surface area contributed by atoms with E-state index in [1.807, 2.05) is 0 Å². The molecule has 2 N–H and O–H groups in total. The summed E-state index contributed by atoms with van der Waals surface area (Å²) in [4.78, 5) is 9.18. The second-order valence-electron chi connectivity index (χ2n) is 1.21. The lowest BCUT2D eigenvalue weighted by atomic mass is 10.9. The van der Waals surface area contributed by atoms with Crippen molar-refractivity contribution < 1.29 is 19.9 Å². The van der Waals surface area contributed by atoms with Crippen molar-refractivity contribution in [1.82, 2.24) is 0 Å². The fourth-order valence-corrected chi connectivity index (χ4v) is 0.0632. The summed E-state index contributed by atoms with van der Waals surface area (Å²) in [5, 5.41) is 28.0. The van der Waals surface area contributed by atoms with E-state index in [0.29, 0.717) is 0 Å². The van der Waals surface area contributed by atoms with Crippen molar-refractivity contribution in [2.24, 2.45) is 5.11 Å². The van der Waals surface area contributed by atoms with E-state index < -0.39 is 12.7 Å². The summed E-state index contributed by atoms with van der Waals surface area (Å²) in [7, 11) is 1.31. The van der Waals surface area contributed by atoms with E-state index in [1.165, 1.54) is 7.05 Å². The molecule has 0 aromatic rings. The lowest BCUT2D eigenvalue weighted by molar-refractivity contribution is -0.564. The molecule has 0 bridgehead atoms. The van der Waals surface area contributed by atoms with Crippen LogP contribution in [-0.2, 0) is 4.79 Å². The van der Waals surface area contributed by atoms with Gasteiger partial charge in [-0.1, -0.05) is 4.86 Å². The Labute approximate surface area is 58.0 Å². The Hall–Kier alpha value is -1.17. The predicted octanol–water partition coefficient (Wildman–Crippen LogP) is -0.381. The first-order chi connectivity index (χ1) is 4.54. The Morgan fingerprint density at radius 2 is 2.10 bits per heavy atom. The van der Waals surface area contributed by atoms with Gasteiger partial charge in [-0.2, -0.15) is 0 Å². The molecule has 0 aromatic carbocycles. The first-order valence-corrected chi connectivity index (χ1v) is 2.39. The monoisotopic (exact) mass is 150 g/mol. The molecule has 0 aliphatic rings. The first-order valence-electron chi connectivity index (χ1n) is 2.39. The lowest BCUT2D eigenvalue weighted by Gasteiger charge is -1.88. The van der Waals surface area contributed by atoms with Gasteiger partial charge in [-0.3, -0.25) is 4.79 Å². The van der Waals surface area contributed by atoms with Crippen molar-refractivity contribution >= 4 is 5.97 Å². The third-order valence-corrected chi connectivity index (χ3v) is 0.344. The normalized spacial score (nSPS) is 9.70. The van der Waals surface area contributed by atoms with Gasteiger partial charge in [0.05, 0.1) is 7.05 Å². The van der Waals surface area contributed by atoms with E-state index in [9.17, 15) is 5.21 Å². The number of aliphatic carboxylic acids is 1. The zero-order chi connectivity index (χ0) is 8.57. The summed E-state index contributed by atoms with van der Waals surface area (Å²) >= 11 is 0. The number of hydroxylamine groups is 1. The zero-order valence-corrected chi connectivity index (χ0v) is 5.81. The maximum absolute atomic E-state index is 9.68. The van der Waals surface area contributed by atoms with Crippen LogP contribution in [0.2, 0.25) is 0 Å². The summed E-state index contributed by atoms with van der Waals surface area (Å²) < 4.78 is 0. The highest BCUT2D eigenvalue weighted by Crippen LogP contribution is 1.62. The van der Waals surface area contributed by atoms with Crippen molar-refractivity contribution in [2.45, 2.75) is 6.92 Å². The Bertz CT molecular complexity index is 118. The average Bonchev–Trinajstić information content (AvgIpc) is 1.85. The van der Waals surface area contributed by atoms with Crippen LogP contribution < -0.4 is 0 Å². The number of nitrogens with zero attached hydrogens (tertiary/aromatic N) is 2. The van der Waals surface area contributed by atoms with Gasteiger partial charge in [-0.25, -0.2) is 0 Å². The molecule has 0 rings (SSSR count). The number of hydrogen-bond acceptors (Lipinski definition) is 4. The minimum absolute atomic E-state index is 0.181. The maximum atomic E-state index is 9.68. The average molecular weight is 150 g/mol. The predicted molar refractivity (Wildman–Crippen MR) is 32.4 cm³/mol. The molecule has 0 atom stereocenters. The van der Waals surface area contributed by atoms with Crippen LogP contribution in [0, 0.1) is 5.21 Å². The van der Waals surface area contributed by atoms with Gasteiger partial charge in [0, 0.05) is 6.92 Å². The van der Waals surface area contributed by atoms with E-state index in [1.54, 1.807) is 0 Å². The van der Waals surface area contributed by atoms with Crippen LogP contribution in [0.15, 0.2) is 5.11 Å². The number of azo groups is 1. The highest BCUT2D eigenvalue weighted by atomic mass is 16.5. The molecule has 0 saturated carbocycles. The van der Waals surface area contributed by atoms with Gasteiger partial charge in [0.1, 0.15) is 0 Å². The van der Waals surface area contributed by atoms with E-state index in [0.717, 1.165) is 6.92 Å². The summed E-state index contributed by atoms with van der Waals surface area (Å²) in [6.45, 7) is 0.524. The molecule has 0 unspecified atom stereocenters. The highest BCUT2D eigenvalue weighted by molar-refractivity contribution is 5.62. The van der Waals surface area contributed by atoms with Crippen LogP contribution in [-0.4, -0.2) is 34.8 Å². The van der Waals surface area contributed by atoms with Gasteiger partial charge in [-0.15, -0.1) is 0 Å². The largest absolute Gasteiger partial charge is 0.598 e. The number of carbonyl (C=O) groups is 1. The maximum Gasteiger partial charge on any atom is 0.300 e. The van der Waals surface area contributed by atoms with E-state index in [4.69, 9.17) is 15.0 Å². The number of aliphatic hydroxyl groups is 1. The van der Waals surface area contributed by atoms with Crippen molar-refractivity contribution in [3.63, 3.8) is 0 Å². The molecule has 6 heteroatoms. The summed E-state index contributed by atoms with van der Waals surface area (Å²) in [6, 6.07) is 0. The number of rotatable bonds is 1.